The molecular weight excluding hydrogens is 375 g/mol. The lowest BCUT2D eigenvalue weighted by molar-refractivity contribution is 0.0896. The van der Waals surface area contributed by atoms with Crippen LogP contribution in [0.25, 0.3) is 0 Å². The summed E-state index contributed by atoms with van der Waals surface area (Å²) in [5.74, 6) is -0.0277. The summed E-state index contributed by atoms with van der Waals surface area (Å²) >= 11 is 8.20. The first-order chi connectivity index (χ1) is 8.97. The molecule has 1 saturated heterocycles. The number of nitrogens with zero attached hydrogens (tertiary/aromatic N) is 1. The molecule has 1 heterocycles. The van der Waals surface area contributed by atoms with Gasteiger partial charge in [-0.3, -0.25) is 4.79 Å². The molecule has 0 saturated carbocycles. The Bertz CT molecular complexity index is 481. The van der Waals surface area contributed by atoms with Crippen LogP contribution in [0.2, 0.25) is 5.02 Å². The number of amides is 1. The zero-order chi connectivity index (χ0) is 14.0. The maximum atomic E-state index is 12.2. The Balaban J connectivity index is 1.99. The number of hydrogen-bond donors (Lipinski definition) is 1. The maximum Gasteiger partial charge on any atom is 0.251 e. The van der Waals surface area contributed by atoms with Crippen LogP contribution in [-0.4, -0.2) is 36.5 Å². The molecule has 5 heteroatoms. The van der Waals surface area contributed by atoms with Crippen LogP contribution in [0, 0.1) is 3.57 Å². The molecule has 0 bridgehead atoms. The highest BCUT2D eigenvalue weighted by molar-refractivity contribution is 14.1. The van der Waals surface area contributed by atoms with E-state index in [1.54, 1.807) is 6.07 Å². The van der Waals surface area contributed by atoms with Crippen molar-refractivity contribution in [2.75, 3.05) is 13.6 Å². The van der Waals surface area contributed by atoms with E-state index < -0.39 is 0 Å². The van der Waals surface area contributed by atoms with Gasteiger partial charge in [0, 0.05) is 27.8 Å². The number of carbonyl (C=O) groups is 1. The second-order valence-corrected chi connectivity index (χ2v) is 6.72. The first-order valence-electron chi connectivity index (χ1n) is 6.43. The molecule has 0 spiro atoms. The highest BCUT2D eigenvalue weighted by Gasteiger charge is 2.24. The second kappa shape index (κ2) is 6.41. The quantitative estimate of drug-likeness (QED) is 0.784. The lowest BCUT2D eigenvalue weighted by Gasteiger charge is -2.35. The summed E-state index contributed by atoms with van der Waals surface area (Å²) in [5.41, 5.74) is 0.636. The topological polar surface area (TPSA) is 32.3 Å². The Morgan fingerprint density at radius 2 is 2.26 bits per heavy atom. The molecule has 2 unspecified atom stereocenters. The van der Waals surface area contributed by atoms with Crippen molar-refractivity contribution in [1.82, 2.24) is 10.2 Å². The minimum atomic E-state index is -0.0277. The summed E-state index contributed by atoms with van der Waals surface area (Å²) in [4.78, 5) is 14.5. The number of hydrogen-bond acceptors (Lipinski definition) is 2. The predicted molar refractivity (Wildman–Crippen MR) is 86.7 cm³/mol. The fourth-order valence-electron chi connectivity index (χ4n) is 2.33. The summed E-state index contributed by atoms with van der Waals surface area (Å²) in [5, 5.41) is 3.74. The minimum absolute atomic E-state index is 0.0277. The fraction of sp³-hybridized carbons (Fsp3) is 0.500. The Morgan fingerprint density at radius 1 is 1.53 bits per heavy atom. The number of likely N-dealkylation sites (tertiary alicyclic amines) is 1. The van der Waals surface area contributed by atoms with Crippen molar-refractivity contribution in [2.45, 2.75) is 31.8 Å². The Hall–Kier alpha value is -0.330. The first-order valence-corrected chi connectivity index (χ1v) is 7.89. The van der Waals surface area contributed by atoms with Gasteiger partial charge in [0.1, 0.15) is 0 Å². The van der Waals surface area contributed by atoms with Gasteiger partial charge in [-0.1, -0.05) is 11.6 Å². The number of benzene rings is 1. The van der Waals surface area contributed by atoms with Crippen molar-refractivity contribution >= 4 is 40.1 Å². The fourth-order valence-corrected chi connectivity index (χ4v) is 2.84. The van der Waals surface area contributed by atoms with Gasteiger partial charge in [-0.05, 0) is 67.6 Å². The van der Waals surface area contributed by atoms with Gasteiger partial charge < -0.3 is 10.2 Å². The molecule has 1 aliphatic rings. The molecule has 19 heavy (non-hydrogen) atoms. The van der Waals surface area contributed by atoms with Crippen LogP contribution < -0.4 is 5.32 Å². The van der Waals surface area contributed by atoms with Gasteiger partial charge in [0.05, 0.1) is 5.02 Å². The number of piperidine rings is 1. The van der Waals surface area contributed by atoms with Gasteiger partial charge in [-0.2, -0.15) is 0 Å². The van der Waals surface area contributed by atoms with Crippen molar-refractivity contribution in [2.24, 2.45) is 0 Å². The third kappa shape index (κ3) is 3.83. The molecule has 1 aromatic carbocycles. The zero-order valence-corrected chi connectivity index (χ0v) is 14.0. The van der Waals surface area contributed by atoms with Crippen LogP contribution in [0.15, 0.2) is 18.2 Å². The lowest BCUT2D eigenvalue weighted by atomic mass is 9.98. The highest BCUT2D eigenvalue weighted by Crippen LogP contribution is 2.20. The van der Waals surface area contributed by atoms with Crippen LogP contribution in [-0.2, 0) is 0 Å². The van der Waals surface area contributed by atoms with E-state index in [0.29, 0.717) is 16.6 Å². The molecular formula is C14H18ClIN2O. The molecule has 1 aromatic rings. The highest BCUT2D eigenvalue weighted by atomic mass is 127. The van der Waals surface area contributed by atoms with Crippen molar-refractivity contribution in [3.05, 3.63) is 32.4 Å². The van der Waals surface area contributed by atoms with E-state index in [-0.39, 0.29) is 11.9 Å². The van der Waals surface area contributed by atoms with E-state index in [2.05, 4.69) is 46.8 Å². The molecule has 3 nitrogen and oxygen atoms in total. The zero-order valence-electron chi connectivity index (χ0n) is 11.1. The number of rotatable bonds is 2. The summed E-state index contributed by atoms with van der Waals surface area (Å²) in [7, 11) is 2.13. The van der Waals surface area contributed by atoms with Gasteiger partial charge in [-0.15, -0.1) is 0 Å². The van der Waals surface area contributed by atoms with E-state index in [1.807, 2.05) is 12.1 Å². The van der Waals surface area contributed by atoms with Crippen molar-refractivity contribution in [3.63, 3.8) is 0 Å². The van der Waals surface area contributed by atoms with E-state index in [0.717, 1.165) is 23.0 Å². The van der Waals surface area contributed by atoms with Gasteiger partial charge >= 0.3 is 0 Å². The lowest BCUT2D eigenvalue weighted by Crippen LogP contribution is -2.47. The van der Waals surface area contributed by atoms with Gasteiger partial charge in [0.25, 0.3) is 5.91 Å². The predicted octanol–water partition coefficient (Wildman–Crippen LogP) is 3.16. The monoisotopic (exact) mass is 392 g/mol. The smallest absolute Gasteiger partial charge is 0.251 e. The average Bonchev–Trinajstić information content (AvgIpc) is 2.37. The standard InChI is InChI=1S/C14H18ClIN2O/c1-9-7-11(5-6-18(9)2)17-14(19)10-3-4-13(16)12(15)8-10/h3-4,8-9,11H,5-7H2,1-2H3,(H,17,19). The molecule has 2 atom stereocenters. The van der Waals surface area contributed by atoms with Gasteiger partial charge in [-0.25, -0.2) is 0 Å². The molecule has 1 amide bonds. The largest absolute Gasteiger partial charge is 0.349 e. The normalized spacial score (nSPS) is 24.2. The van der Waals surface area contributed by atoms with Crippen LogP contribution in [0.4, 0.5) is 0 Å². The average molecular weight is 393 g/mol. The summed E-state index contributed by atoms with van der Waals surface area (Å²) in [6.07, 6.45) is 2.00. The molecule has 1 N–H and O–H groups in total. The van der Waals surface area contributed by atoms with Crippen LogP contribution in [0.3, 0.4) is 0 Å². The van der Waals surface area contributed by atoms with Crippen LogP contribution in [0.5, 0.6) is 0 Å². The van der Waals surface area contributed by atoms with E-state index in [4.69, 9.17) is 11.6 Å². The molecule has 0 aliphatic carbocycles. The SMILES string of the molecule is CC1CC(NC(=O)c2ccc(I)c(Cl)c2)CCN1C. The molecule has 1 fully saturated rings. The van der Waals surface area contributed by atoms with Crippen molar-refractivity contribution in [3.8, 4) is 0 Å². The third-order valence-electron chi connectivity index (χ3n) is 3.73. The summed E-state index contributed by atoms with van der Waals surface area (Å²) < 4.78 is 0.962. The van der Waals surface area contributed by atoms with E-state index >= 15 is 0 Å². The second-order valence-electron chi connectivity index (χ2n) is 5.15. The summed E-state index contributed by atoms with van der Waals surface area (Å²) in [6.45, 7) is 3.22. The molecule has 0 aromatic heterocycles. The Kier molecular flexibility index (Phi) is 5.09. The third-order valence-corrected chi connectivity index (χ3v) is 5.30. The van der Waals surface area contributed by atoms with Crippen molar-refractivity contribution in [1.29, 1.82) is 0 Å². The van der Waals surface area contributed by atoms with Crippen LogP contribution >= 0.6 is 34.2 Å². The molecule has 0 radical (unpaired) electrons. The number of carbonyl (C=O) groups excluding carboxylic acids is 1. The van der Waals surface area contributed by atoms with E-state index in [9.17, 15) is 4.79 Å². The first kappa shape index (κ1) is 15.1. The maximum absolute atomic E-state index is 12.2. The Labute approximate surface area is 132 Å². The van der Waals surface area contributed by atoms with Gasteiger partial charge in [0.15, 0.2) is 0 Å². The number of nitrogens with one attached hydrogen (secondary N) is 1. The van der Waals surface area contributed by atoms with E-state index in [1.165, 1.54) is 0 Å². The molecule has 2 rings (SSSR count). The van der Waals surface area contributed by atoms with Gasteiger partial charge in [0.2, 0.25) is 0 Å². The molecule has 1 aliphatic heterocycles. The van der Waals surface area contributed by atoms with Crippen molar-refractivity contribution < 1.29 is 4.79 Å². The summed E-state index contributed by atoms with van der Waals surface area (Å²) in [6, 6.07) is 6.20. The minimum Gasteiger partial charge on any atom is -0.349 e. The molecule has 104 valence electrons. The number of halogens is 2. The van der Waals surface area contributed by atoms with Crippen LogP contribution in [0.1, 0.15) is 30.1 Å². The Morgan fingerprint density at radius 3 is 2.89 bits per heavy atom.